The zero-order chi connectivity index (χ0) is 23.0. The minimum Gasteiger partial charge on any atom is -0.349 e. The highest BCUT2D eigenvalue weighted by atomic mass is 19.2. The third kappa shape index (κ3) is 4.40. The van der Waals surface area contributed by atoms with E-state index in [1.54, 1.807) is 12.1 Å². The van der Waals surface area contributed by atoms with Crippen LogP contribution >= 0.6 is 0 Å². The molecule has 170 valence electrons. The van der Waals surface area contributed by atoms with Crippen LogP contribution in [-0.4, -0.2) is 29.4 Å². The Morgan fingerprint density at radius 2 is 1.76 bits per heavy atom. The van der Waals surface area contributed by atoms with Crippen LogP contribution < -0.4 is 5.32 Å². The lowest BCUT2D eigenvalue weighted by Gasteiger charge is -2.39. The number of carbonyl (C=O) groups is 1. The Kier molecular flexibility index (Phi) is 5.71. The highest BCUT2D eigenvalue weighted by Crippen LogP contribution is 2.42. The topological polar surface area (TPSA) is 32.3 Å². The molecule has 33 heavy (non-hydrogen) atoms. The van der Waals surface area contributed by atoms with Gasteiger partial charge in [0, 0.05) is 32.0 Å². The van der Waals surface area contributed by atoms with E-state index in [2.05, 4.69) is 10.2 Å². The van der Waals surface area contributed by atoms with Gasteiger partial charge >= 0.3 is 0 Å². The van der Waals surface area contributed by atoms with Gasteiger partial charge in [-0.2, -0.15) is 0 Å². The smallest absolute Gasteiger partial charge is 0.220 e. The fraction of sp³-hybridized carbons (Fsp3) is 0.296. The first kappa shape index (κ1) is 21.7. The van der Waals surface area contributed by atoms with Crippen molar-refractivity contribution >= 4 is 5.91 Å². The molecule has 2 aliphatic rings. The van der Waals surface area contributed by atoms with E-state index in [0.29, 0.717) is 31.6 Å². The van der Waals surface area contributed by atoms with Crippen LogP contribution in [0.5, 0.6) is 0 Å². The van der Waals surface area contributed by atoms with Gasteiger partial charge in [0.15, 0.2) is 11.6 Å². The maximum Gasteiger partial charge on any atom is 0.220 e. The second kappa shape index (κ2) is 8.67. The Bertz CT molecular complexity index is 1180. The summed E-state index contributed by atoms with van der Waals surface area (Å²) in [5, 5.41) is 3.19. The monoisotopic (exact) mass is 450 g/mol. The molecule has 6 heteroatoms. The Hall–Kier alpha value is -3.12. The van der Waals surface area contributed by atoms with E-state index in [4.69, 9.17) is 0 Å². The molecular weight excluding hydrogens is 425 g/mol. The molecular formula is C27H25F3N2O. The van der Waals surface area contributed by atoms with Crippen molar-refractivity contribution in [3.05, 3.63) is 95.3 Å². The van der Waals surface area contributed by atoms with Gasteiger partial charge in [-0.15, -0.1) is 0 Å². The minimum atomic E-state index is -0.867. The molecule has 2 aliphatic heterocycles. The molecule has 5 rings (SSSR count). The summed E-state index contributed by atoms with van der Waals surface area (Å²) in [5.41, 5.74) is 3.08. The first-order valence-corrected chi connectivity index (χ1v) is 11.3. The lowest BCUT2D eigenvalue weighted by Crippen LogP contribution is -2.56. The van der Waals surface area contributed by atoms with E-state index in [-0.39, 0.29) is 17.6 Å². The molecule has 3 aromatic rings. The average molecular weight is 451 g/mol. The second-order valence-electron chi connectivity index (χ2n) is 9.16. The number of piperidine rings is 1. The molecule has 3 aromatic carbocycles. The summed E-state index contributed by atoms with van der Waals surface area (Å²) in [6.07, 6.45) is 2.08. The number of nitrogens with one attached hydrogen (secondary N) is 1. The van der Waals surface area contributed by atoms with E-state index in [0.717, 1.165) is 35.6 Å². The number of amides is 1. The largest absolute Gasteiger partial charge is 0.349 e. The van der Waals surface area contributed by atoms with Crippen LogP contribution in [0.15, 0.2) is 66.7 Å². The molecule has 0 unspecified atom stereocenters. The minimum absolute atomic E-state index is 0.00938. The number of rotatable bonds is 4. The highest BCUT2D eigenvalue weighted by Gasteiger charge is 2.49. The predicted molar refractivity (Wildman–Crippen MR) is 121 cm³/mol. The van der Waals surface area contributed by atoms with Gasteiger partial charge in [-0.3, -0.25) is 9.69 Å². The molecule has 2 atom stereocenters. The Morgan fingerprint density at radius 1 is 0.939 bits per heavy atom. The van der Waals surface area contributed by atoms with Gasteiger partial charge in [0.25, 0.3) is 0 Å². The van der Waals surface area contributed by atoms with Crippen molar-refractivity contribution in [3.8, 4) is 11.1 Å². The number of halogens is 3. The SMILES string of the molecule is O=C1CCC[C@]2(CN(Cc3ccc(-c4cccc(F)c4)cc3)C[C@H]2c2ccc(F)c(F)c2)N1. The maximum atomic E-state index is 14.0. The zero-order valence-electron chi connectivity index (χ0n) is 18.2. The van der Waals surface area contributed by atoms with E-state index in [1.807, 2.05) is 30.3 Å². The Labute approximate surface area is 191 Å². The van der Waals surface area contributed by atoms with Crippen LogP contribution in [0, 0.1) is 17.5 Å². The van der Waals surface area contributed by atoms with Crippen molar-refractivity contribution in [2.45, 2.75) is 37.3 Å². The zero-order valence-corrected chi connectivity index (χ0v) is 18.2. The van der Waals surface area contributed by atoms with Gasteiger partial charge in [-0.1, -0.05) is 42.5 Å². The number of benzene rings is 3. The van der Waals surface area contributed by atoms with E-state index in [9.17, 15) is 18.0 Å². The summed E-state index contributed by atoms with van der Waals surface area (Å²) in [4.78, 5) is 14.6. The van der Waals surface area contributed by atoms with Crippen molar-refractivity contribution in [2.75, 3.05) is 13.1 Å². The maximum absolute atomic E-state index is 14.0. The third-order valence-corrected chi connectivity index (χ3v) is 6.89. The summed E-state index contributed by atoms with van der Waals surface area (Å²) >= 11 is 0. The molecule has 1 N–H and O–H groups in total. The number of hydrogen-bond acceptors (Lipinski definition) is 2. The highest BCUT2D eigenvalue weighted by molar-refractivity contribution is 5.78. The molecule has 2 fully saturated rings. The summed E-state index contributed by atoms with van der Waals surface area (Å²) in [6.45, 7) is 1.95. The van der Waals surface area contributed by atoms with Crippen molar-refractivity contribution in [3.63, 3.8) is 0 Å². The first-order valence-electron chi connectivity index (χ1n) is 11.3. The molecule has 2 saturated heterocycles. The van der Waals surface area contributed by atoms with Crippen LogP contribution in [0.3, 0.4) is 0 Å². The molecule has 0 saturated carbocycles. The fourth-order valence-corrected chi connectivity index (χ4v) is 5.36. The van der Waals surface area contributed by atoms with Gasteiger partial charge in [-0.05, 0) is 59.4 Å². The van der Waals surface area contributed by atoms with Gasteiger partial charge in [-0.25, -0.2) is 13.2 Å². The van der Waals surface area contributed by atoms with Gasteiger partial charge < -0.3 is 5.32 Å². The van der Waals surface area contributed by atoms with Gasteiger partial charge in [0.05, 0.1) is 5.54 Å². The van der Waals surface area contributed by atoms with Crippen LogP contribution in [0.25, 0.3) is 11.1 Å². The summed E-state index contributed by atoms with van der Waals surface area (Å²) < 4.78 is 41.1. The Morgan fingerprint density at radius 3 is 2.48 bits per heavy atom. The van der Waals surface area contributed by atoms with Crippen LogP contribution in [0.4, 0.5) is 13.2 Å². The standard InChI is InChI=1S/C27H25F3N2O/c28-22-4-1-3-20(13-22)19-8-6-18(7-9-19)15-32-16-23(21-10-11-24(29)25(30)14-21)27(17-32)12-2-5-26(33)31-27/h1,3-4,6-11,13-14,23H,2,5,12,15-17H2,(H,31,33)/t23-,27+/m0/s1. The average Bonchev–Trinajstić information content (AvgIpc) is 3.12. The lowest BCUT2D eigenvalue weighted by atomic mass is 9.76. The number of likely N-dealkylation sites (tertiary alicyclic amines) is 1. The molecule has 0 radical (unpaired) electrons. The van der Waals surface area contributed by atoms with E-state index < -0.39 is 17.2 Å². The van der Waals surface area contributed by atoms with Crippen LogP contribution in [-0.2, 0) is 11.3 Å². The van der Waals surface area contributed by atoms with Crippen molar-refractivity contribution in [1.29, 1.82) is 0 Å². The third-order valence-electron chi connectivity index (χ3n) is 6.89. The molecule has 0 aromatic heterocycles. The van der Waals surface area contributed by atoms with Crippen LogP contribution in [0.1, 0.15) is 36.3 Å². The van der Waals surface area contributed by atoms with Crippen molar-refractivity contribution < 1.29 is 18.0 Å². The summed E-state index contributed by atoms with van der Waals surface area (Å²) in [5.74, 6) is -2.11. The summed E-state index contributed by atoms with van der Waals surface area (Å²) in [6, 6.07) is 18.6. The fourth-order valence-electron chi connectivity index (χ4n) is 5.36. The second-order valence-corrected chi connectivity index (χ2v) is 9.16. The first-order chi connectivity index (χ1) is 15.9. The molecule has 2 heterocycles. The lowest BCUT2D eigenvalue weighted by molar-refractivity contribution is -0.125. The van der Waals surface area contributed by atoms with Crippen molar-refractivity contribution in [2.24, 2.45) is 0 Å². The Balaban J connectivity index is 1.38. The molecule has 1 spiro atoms. The number of nitrogens with zero attached hydrogens (tertiary/aromatic N) is 1. The number of carbonyl (C=O) groups excluding carboxylic acids is 1. The van der Waals surface area contributed by atoms with E-state index in [1.165, 1.54) is 18.2 Å². The molecule has 1 amide bonds. The quantitative estimate of drug-likeness (QED) is 0.577. The normalized spacial score (nSPS) is 23.1. The van der Waals surface area contributed by atoms with Gasteiger partial charge in [0.1, 0.15) is 5.82 Å². The summed E-state index contributed by atoms with van der Waals surface area (Å²) in [7, 11) is 0. The molecule has 0 aliphatic carbocycles. The van der Waals surface area contributed by atoms with Gasteiger partial charge in [0.2, 0.25) is 5.91 Å². The van der Waals surface area contributed by atoms with Crippen LogP contribution in [0.2, 0.25) is 0 Å². The molecule has 3 nitrogen and oxygen atoms in total. The predicted octanol–water partition coefficient (Wildman–Crippen LogP) is 5.41. The van der Waals surface area contributed by atoms with Crippen molar-refractivity contribution in [1.82, 2.24) is 10.2 Å². The molecule has 0 bridgehead atoms. The number of hydrogen-bond donors (Lipinski definition) is 1. The van der Waals surface area contributed by atoms with E-state index >= 15 is 0 Å².